The number of nitrogens with one attached hydrogen (secondary N) is 1. The van der Waals surface area contributed by atoms with Crippen LogP contribution in [0.2, 0.25) is 0 Å². The zero-order chi connectivity index (χ0) is 14.4. The van der Waals surface area contributed by atoms with Gasteiger partial charge in [-0.3, -0.25) is 5.32 Å². The Hall–Kier alpha value is -1.91. The minimum atomic E-state index is -0.121. The van der Waals surface area contributed by atoms with Crippen molar-refractivity contribution in [2.24, 2.45) is 4.99 Å². The minimum absolute atomic E-state index is 0.121. The number of thioether (sulfide) groups is 1. The molecule has 1 N–H and O–H groups in total. The summed E-state index contributed by atoms with van der Waals surface area (Å²) in [6.07, 6.45) is 3.57. The van der Waals surface area contributed by atoms with Gasteiger partial charge in [0.1, 0.15) is 6.61 Å². The lowest BCUT2D eigenvalue weighted by Crippen LogP contribution is -2.32. The van der Waals surface area contributed by atoms with Crippen molar-refractivity contribution in [3.63, 3.8) is 0 Å². The summed E-state index contributed by atoms with van der Waals surface area (Å²) in [5.74, 6) is 1.33. The van der Waals surface area contributed by atoms with Gasteiger partial charge in [0.25, 0.3) is 0 Å². The van der Waals surface area contributed by atoms with Crippen molar-refractivity contribution in [3.8, 4) is 17.7 Å². The fourth-order valence-corrected chi connectivity index (χ4v) is 2.08. The van der Waals surface area contributed by atoms with Gasteiger partial charge in [0, 0.05) is 13.2 Å². The molecule has 0 bridgehead atoms. The highest BCUT2D eigenvalue weighted by molar-refractivity contribution is 8.13. The molecule has 1 aromatic carbocycles. The molecule has 1 heterocycles. The fraction of sp³-hybridized carbons (Fsp3) is 0.385. The number of aliphatic imine (C=N–C) groups is 1. The van der Waals surface area contributed by atoms with Gasteiger partial charge in [-0.25, -0.2) is 4.99 Å². The second kappa shape index (κ2) is 7.03. The van der Waals surface area contributed by atoms with E-state index in [9.17, 15) is 0 Å². The molecule has 7 heteroatoms. The summed E-state index contributed by atoms with van der Waals surface area (Å²) in [6.45, 7) is 0.939. The largest absolute Gasteiger partial charge is 0.486 e. The summed E-state index contributed by atoms with van der Waals surface area (Å²) in [5, 5.41) is 11.7. The van der Waals surface area contributed by atoms with Crippen LogP contribution in [0.4, 0.5) is 5.69 Å². The van der Waals surface area contributed by atoms with Crippen LogP contribution in [0.3, 0.4) is 0 Å². The van der Waals surface area contributed by atoms with E-state index >= 15 is 0 Å². The summed E-state index contributed by atoms with van der Waals surface area (Å²) in [4.78, 5) is 4.33. The molecule has 0 fully saturated rings. The molecule has 0 saturated heterocycles. The van der Waals surface area contributed by atoms with Crippen molar-refractivity contribution in [3.05, 3.63) is 18.2 Å². The Morgan fingerprint density at radius 2 is 2.45 bits per heavy atom. The van der Waals surface area contributed by atoms with Crippen LogP contribution in [0.15, 0.2) is 23.2 Å². The lowest BCUT2D eigenvalue weighted by molar-refractivity contribution is 0.0273. The lowest BCUT2D eigenvalue weighted by Gasteiger charge is -2.26. The summed E-state index contributed by atoms with van der Waals surface area (Å²) >= 11 is 1.36. The maximum atomic E-state index is 8.62. The number of methoxy groups -OCH3 is 1. The summed E-state index contributed by atoms with van der Waals surface area (Å²) in [5.41, 5.74) is 0.692. The topological polar surface area (TPSA) is 75.9 Å². The van der Waals surface area contributed by atoms with Crippen molar-refractivity contribution in [2.75, 3.05) is 26.6 Å². The van der Waals surface area contributed by atoms with Crippen LogP contribution >= 0.6 is 11.8 Å². The van der Waals surface area contributed by atoms with Gasteiger partial charge in [-0.2, -0.15) is 5.26 Å². The van der Waals surface area contributed by atoms with E-state index in [1.807, 2.05) is 24.6 Å². The van der Waals surface area contributed by atoms with Gasteiger partial charge in [-0.05, 0) is 18.4 Å². The van der Waals surface area contributed by atoms with Crippen LogP contribution in [0.5, 0.6) is 11.5 Å². The molecule has 6 nitrogen and oxygen atoms in total. The predicted molar refractivity (Wildman–Crippen MR) is 77.6 cm³/mol. The Balaban J connectivity index is 2.19. The first kappa shape index (κ1) is 14.5. The Morgan fingerprint density at radius 1 is 1.60 bits per heavy atom. The standard InChI is InChI=1S/C13H15N3O3S/c1-17-6-10-7-18-11-4-3-9(5-12(11)19-10)16-13(20-2)15-8-14/h3-5,10H,6-7H2,1-2H3,(H,15,16). The van der Waals surface area contributed by atoms with Crippen molar-refractivity contribution in [1.82, 2.24) is 5.32 Å². The number of ether oxygens (including phenoxy) is 3. The van der Waals surface area contributed by atoms with Crippen molar-refractivity contribution >= 4 is 22.6 Å². The number of amidine groups is 1. The van der Waals surface area contributed by atoms with Crippen LogP contribution in [0, 0.1) is 11.5 Å². The number of rotatable bonds is 3. The van der Waals surface area contributed by atoms with Gasteiger partial charge in [0.05, 0.1) is 12.3 Å². The van der Waals surface area contributed by atoms with Crippen LogP contribution in [-0.2, 0) is 4.74 Å². The van der Waals surface area contributed by atoms with Gasteiger partial charge < -0.3 is 14.2 Å². The molecule has 1 aromatic rings. The Morgan fingerprint density at radius 3 is 3.15 bits per heavy atom. The van der Waals surface area contributed by atoms with E-state index in [1.165, 1.54) is 11.8 Å². The van der Waals surface area contributed by atoms with Crippen molar-refractivity contribution in [2.45, 2.75) is 6.10 Å². The zero-order valence-electron chi connectivity index (χ0n) is 11.3. The van der Waals surface area contributed by atoms with E-state index in [4.69, 9.17) is 19.5 Å². The van der Waals surface area contributed by atoms with Gasteiger partial charge in [-0.1, -0.05) is 11.8 Å². The maximum Gasteiger partial charge on any atom is 0.183 e. The van der Waals surface area contributed by atoms with Crippen LogP contribution in [0.1, 0.15) is 0 Å². The number of nitrogens with zero attached hydrogens (tertiary/aromatic N) is 2. The van der Waals surface area contributed by atoms with E-state index in [0.29, 0.717) is 35.6 Å². The highest BCUT2D eigenvalue weighted by atomic mass is 32.2. The average molecular weight is 293 g/mol. The molecule has 20 heavy (non-hydrogen) atoms. The summed E-state index contributed by atoms with van der Waals surface area (Å²) in [7, 11) is 1.62. The Bertz CT molecular complexity index is 542. The molecule has 0 saturated carbocycles. The molecule has 106 valence electrons. The minimum Gasteiger partial charge on any atom is -0.486 e. The fourth-order valence-electron chi connectivity index (χ4n) is 1.73. The molecule has 0 spiro atoms. The predicted octanol–water partition coefficient (Wildman–Crippen LogP) is 1.89. The van der Waals surface area contributed by atoms with Gasteiger partial charge in [0.2, 0.25) is 0 Å². The maximum absolute atomic E-state index is 8.62. The van der Waals surface area contributed by atoms with E-state index in [-0.39, 0.29) is 6.10 Å². The zero-order valence-corrected chi connectivity index (χ0v) is 12.1. The normalized spacial score (nSPS) is 17.4. The number of benzene rings is 1. The smallest absolute Gasteiger partial charge is 0.183 e. The molecular weight excluding hydrogens is 278 g/mol. The monoisotopic (exact) mass is 293 g/mol. The molecule has 1 aliphatic heterocycles. The molecule has 0 amide bonds. The molecule has 1 atom stereocenters. The van der Waals surface area contributed by atoms with Crippen LogP contribution in [-0.4, -0.2) is 37.9 Å². The molecule has 0 radical (unpaired) electrons. The number of nitriles is 1. The average Bonchev–Trinajstić information content (AvgIpc) is 2.47. The molecule has 0 aliphatic carbocycles. The van der Waals surface area contributed by atoms with Crippen LogP contribution in [0.25, 0.3) is 0 Å². The van der Waals surface area contributed by atoms with Gasteiger partial charge >= 0.3 is 0 Å². The number of hydrogen-bond donors (Lipinski definition) is 1. The van der Waals surface area contributed by atoms with E-state index in [0.717, 1.165) is 0 Å². The first-order valence-corrected chi connectivity index (χ1v) is 7.19. The van der Waals surface area contributed by atoms with Crippen molar-refractivity contribution in [1.29, 1.82) is 5.26 Å². The van der Waals surface area contributed by atoms with E-state index in [1.54, 1.807) is 13.2 Å². The highest BCUT2D eigenvalue weighted by Crippen LogP contribution is 2.35. The van der Waals surface area contributed by atoms with E-state index in [2.05, 4.69) is 10.3 Å². The lowest BCUT2D eigenvalue weighted by atomic mass is 10.2. The third-order valence-electron chi connectivity index (χ3n) is 2.59. The van der Waals surface area contributed by atoms with E-state index < -0.39 is 0 Å². The first-order valence-electron chi connectivity index (χ1n) is 5.97. The molecule has 0 aromatic heterocycles. The third-order valence-corrected chi connectivity index (χ3v) is 3.17. The Kier molecular flexibility index (Phi) is 5.09. The highest BCUT2D eigenvalue weighted by Gasteiger charge is 2.21. The molecule has 1 unspecified atom stereocenters. The first-order chi connectivity index (χ1) is 9.76. The van der Waals surface area contributed by atoms with Crippen molar-refractivity contribution < 1.29 is 14.2 Å². The second-order valence-corrected chi connectivity index (χ2v) is 4.79. The van der Waals surface area contributed by atoms with Gasteiger partial charge in [0.15, 0.2) is 29.0 Å². The second-order valence-electron chi connectivity index (χ2n) is 4.00. The van der Waals surface area contributed by atoms with Gasteiger partial charge in [-0.15, -0.1) is 0 Å². The molecular formula is C13H15N3O3S. The molecule has 2 rings (SSSR count). The number of fused-ring (bicyclic) bond motifs is 1. The number of hydrogen-bond acceptors (Lipinski definition) is 6. The molecule has 1 aliphatic rings. The Labute approximate surface area is 121 Å². The van der Waals surface area contributed by atoms with Crippen LogP contribution < -0.4 is 14.8 Å². The summed E-state index contributed by atoms with van der Waals surface area (Å²) in [6, 6.07) is 5.40. The third kappa shape index (κ3) is 3.56. The quantitative estimate of drug-likeness (QED) is 0.397. The SMILES string of the molecule is COCC1COc2ccc(N=C(NC#N)SC)cc2O1. The summed E-state index contributed by atoms with van der Waals surface area (Å²) < 4.78 is 16.4.